The lowest BCUT2D eigenvalue weighted by atomic mass is 9.61. The van der Waals surface area contributed by atoms with Crippen LogP contribution in [-0.2, 0) is 9.53 Å². The predicted molar refractivity (Wildman–Crippen MR) is 81.1 cm³/mol. The van der Waals surface area contributed by atoms with Gasteiger partial charge in [0.25, 0.3) is 0 Å². The lowest BCUT2D eigenvalue weighted by Crippen LogP contribution is -2.44. The zero-order valence-electron chi connectivity index (χ0n) is 13.3. The highest BCUT2D eigenvalue weighted by molar-refractivity contribution is 5.74. The zero-order valence-corrected chi connectivity index (χ0v) is 13.3. The minimum atomic E-state index is -0.199. The Kier molecular flexibility index (Phi) is 3.85. The number of nitrogens with two attached hydrogens (primary N) is 1. The van der Waals surface area contributed by atoms with Crippen LogP contribution < -0.4 is 5.73 Å². The average Bonchev–Trinajstić information content (AvgIpc) is 2.35. The molecule has 20 heavy (non-hydrogen) atoms. The molecule has 0 aliphatic heterocycles. The molecule has 0 aromatic carbocycles. The van der Waals surface area contributed by atoms with Gasteiger partial charge in [-0.05, 0) is 19.8 Å². The summed E-state index contributed by atoms with van der Waals surface area (Å²) in [5, 5.41) is 0. The van der Waals surface area contributed by atoms with E-state index in [0.29, 0.717) is 6.61 Å². The Balaban J connectivity index is 2.36. The van der Waals surface area contributed by atoms with Crippen molar-refractivity contribution < 1.29 is 9.53 Å². The normalized spacial score (nSPS) is 30.9. The summed E-state index contributed by atoms with van der Waals surface area (Å²) in [6, 6.07) is -0.130. The van der Waals surface area contributed by atoms with Gasteiger partial charge < -0.3 is 10.5 Å². The summed E-state index contributed by atoms with van der Waals surface area (Å²) in [5.74, 6) is -0.343. The molecule has 112 valence electrons. The lowest BCUT2D eigenvalue weighted by molar-refractivity contribution is -0.149. The molecule has 2 aliphatic carbocycles. The molecular formula is C17H27NO2. The molecule has 2 rings (SSSR count). The highest BCUT2D eigenvalue weighted by Gasteiger charge is 2.43. The van der Waals surface area contributed by atoms with E-state index in [4.69, 9.17) is 10.5 Å². The van der Waals surface area contributed by atoms with Crippen molar-refractivity contribution in [2.75, 3.05) is 6.61 Å². The summed E-state index contributed by atoms with van der Waals surface area (Å²) in [7, 11) is 0. The van der Waals surface area contributed by atoms with E-state index in [1.165, 1.54) is 11.1 Å². The maximum atomic E-state index is 12.1. The van der Waals surface area contributed by atoms with Gasteiger partial charge in [-0.2, -0.15) is 0 Å². The number of hydrogen-bond donors (Lipinski definition) is 1. The van der Waals surface area contributed by atoms with E-state index in [1.807, 2.05) is 6.92 Å². The van der Waals surface area contributed by atoms with Gasteiger partial charge in [0, 0.05) is 16.9 Å². The third kappa shape index (κ3) is 2.56. The Labute approximate surface area is 122 Å². The fourth-order valence-electron chi connectivity index (χ4n) is 3.42. The summed E-state index contributed by atoms with van der Waals surface area (Å²) in [6.45, 7) is 11.1. The molecule has 0 bridgehead atoms. The maximum Gasteiger partial charge on any atom is 0.310 e. The van der Waals surface area contributed by atoms with Gasteiger partial charge in [-0.3, -0.25) is 4.79 Å². The Morgan fingerprint density at radius 2 is 1.70 bits per heavy atom. The van der Waals surface area contributed by atoms with Crippen molar-refractivity contribution in [2.24, 2.45) is 22.5 Å². The van der Waals surface area contributed by atoms with E-state index in [0.717, 1.165) is 12.8 Å². The molecule has 2 N–H and O–H groups in total. The molecular weight excluding hydrogens is 250 g/mol. The average molecular weight is 277 g/mol. The second-order valence-electron chi connectivity index (χ2n) is 7.16. The van der Waals surface area contributed by atoms with Crippen LogP contribution in [0.5, 0.6) is 0 Å². The van der Waals surface area contributed by atoms with Gasteiger partial charge in [0.2, 0.25) is 0 Å². The Hall–Kier alpha value is -1.09. The number of allylic oxidation sites excluding steroid dienone is 3. The lowest BCUT2D eigenvalue weighted by Gasteiger charge is -2.45. The Morgan fingerprint density at radius 1 is 1.20 bits per heavy atom. The standard InChI is InChI=1S/C17H27NO2/c1-6-20-15(19)11-9-12-13(10-14(11)18)17(4,5)8-7-16(12,2)3/h7-8,11,14H,6,9-10,18H2,1-5H3. The molecule has 0 aromatic rings. The number of esters is 1. The second-order valence-corrected chi connectivity index (χ2v) is 7.16. The summed E-state index contributed by atoms with van der Waals surface area (Å²) in [5.41, 5.74) is 9.12. The summed E-state index contributed by atoms with van der Waals surface area (Å²) in [4.78, 5) is 12.1. The third-order valence-corrected chi connectivity index (χ3v) is 4.81. The van der Waals surface area contributed by atoms with Crippen LogP contribution in [0.3, 0.4) is 0 Å². The molecule has 0 radical (unpaired) electrons. The quantitative estimate of drug-likeness (QED) is 0.623. The molecule has 0 saturated carbocycles. The topological polar surface area (TPSA) is 52.3 Å². The van der Waals surface area contributed by atoms with Crippen LogP contribution in [0.1, 0.15) is 47.5 Å². The molecule has 2 aliphatic rings. The Bertz CT molecular complexity index is 471. The van der Waals surface area contributed by atoms with Gasteiger partial charge >= 0.3 is 5.97 Å². The molecule has 2 unspecified atom stereocenters. The highest BCUT2D eigenvalue weighted by Crippen LogP contribution is 2.50. The number of carbonyl (C=O) groups excluding carboxylic acids is 1. The van der Waals surface area contributed by atoms with Gasteiger partial charge in [0.15, 0.2) is 0 Å². The van der Waals surface area contributed by atoms with Crippen molar-refractivity contribution in [3.05, 3.63) is 23.3 Å². The van der Waals surface area contributed by atoms with Gasteiger partial charge in [-0.1, -0.05) is 51.0 Å². The smallest absolute Gasteiger partial charge is 0.310 e. The first-order valence-electron chi connectivity index (χ1n) is 7.54. The number of carbonyl (C=O) groups is 1. The number of hydrogen-bond acceptors (Lipinski definition) is 3. The van der Waals surface area contributed by atoms with Crippen molar-refractivity contribution in [1.29, 1.82) is 0 Å². The third-order valence-electron chi connectivity index (χ3n) is 4.81. The molecule has 0 saturated heterocycles. The first-order valence-corrected chi connectivity index (χ1v) is 7.54. The minimum Gasteiger partial charge on any atom is -0.466 e. The molecule has 2 atom stereocenters. The van der Waals surface area contributed by atoms with Crippen LogP contribution in [0.15, 0.2) is 23.3 Å². The van der Waals surface area contributed by atoms with Crippen molar-refractivity contribution in [2.45, 2.75) is 53.5 Å². The van der Waals surface area contributed by atoms with Crippen LogP contribution in [0.25, 0.3) is 0 Å². The highest BCUT2D eigenvalue weighted by atomic mass is 16.5. The fourth-order valence-corrected chi connectivity index (χ4v) is 3.42. The van der Waals surface area contributed by atoms with Gasteiger partial charge in [-0.15, -0.1) is 0 Å². The van der Waals surface area contributed by atoms with Crippen molar-refractivity contribution in [1.82, 2.24) is 0 Å². The van der Waals surface area contributed by atoms with Crippen molar-refractivity contribution >= 4 is 5.97 Å². The molecule has 3 nitrogen and oxygen atoms in total. The monoisotopic (exact) mass is 277 g/mol. The van der Waals surface area contributed by atoms with Crippen LogP contribution in [0.4, 0.5) is 0 Å². The number of ether oxygens (including phenoxy) is 1. The van der Waals surface area contributed by atoms with Crippen molar-refractivity contribution in [3.8, 4) is 0 Å². The summed E-state index contributed by atoms with van der Waals surface area (Å²) >= 11 is 0. The van der Waals surface area contributed by atoms with Crippen LogP contribution in [0, 0.1) is 16.7 Å². The first kappa shape index (κ1) is 15.3. The molecule has 0 fully saturated rings. The van der Waals surface area contributed by atoms with Crippen LogP contribution in [0.2, 0.25) is 0 Å². The maximum absolute atomic E-state index is 12.1. The van der Waals surface area contributed by atoms with E-state index in [9.17, 15) is 4.79 Å². The summed E-state index contributed by atoms with van der Waals surface area (Å²) in [6.07, 6.45) is 6.07. The zero-order chi connectivity index (χ0) is 15.1. The fraction of sp³-hybridized carbons (Fsp3) is 0.706. The predicted octanol–water partition coefficient (Wildman–Crippen LogP) is 3.21. The second kappa shape index (κ2) is 5.03. The van der Waals surface area contributed by atoms with Crippen molar-refractivity contribution in [3.63, 3.8) is 0 Å². The van der Waals surface area contributed by atoms with E-state index in [-0.39, 0.29) is 28.8 Å². The van der Waals surface area contributed by atoms with E-state index >= 15 is 0 Å². The van der Waals surface area contributed by atoms with Gasteiger partial charge in [0.05, 0.1) is 12.5 Å². The van der Waals surface area contributed by atoms with E-state index < -0.39 is 0 Å². The molecule has 0 spiro atoms. The largest absolute Gasteiger partial charge is 0.466 e. The van der Waals surface area contributed by atoms with Gasteiger partial charge in [0.1, 0.15) is 0 Å². The van der Waals surface area contributed by atoms with Crippen LogP contribution in [-0.4, -0.2) is 18.6 Å². The minimum absolute atomic E-state index is 0.00966. The van der Waals surface area contributed by atoms with Crippen LogP contribution >= 0.6 is 0 Å². The SMILES string of the molecule is CCOC(=O)C1CC2=C(CC1N)C(C)(C)C=CC2(C)C. The molecule has 0 amide bonds. The van der Waals surface area contributed by atoms with Gasteiger partial charge in [-0.25, -0.2) is 0 Å². The molecule has 0 aromatic heterocycles. The van der Waals surface area contributed by atoms with E-state index in [2.05, 4.69) is 39.8 Å². The number of rotatable bonds is 2. The Morgan fingerprint density at radius 3 is 2.20 bits per heavy atom. The first-order chi connectivity index (χ1) is 9.19. The molecule has 3 heteroatoms. The summed E-state index contributed by atoms with van der Waals surface area (Å²) < 4.78 is 5.19. The molecule has 0 heterocycles. The van der Waals surface area contributed by atoms with E-state index in [1.54, 1.807) is 0 Å².